The highest BCUT2D eigenvalue weighted by atomic mass is 28.2. The lowest BCUT2D eigenvalue weighted by Crippen LogP contribution is -2.02. The number of hydrogen-bond acceptors (Lipinski definition) is 0. The van der Waals surface area contributed by atoms with Gasteiger partial charge in [0.1, 0.15) is 0 Å². The minimum absolute atomic E-state index is 0.161. The van der Waals surface area contributed by atoms with Crippen LogP contribution < -0.4 is 0 Å². The van der Waals surface area contributed by atoms with Gasteiger partial charge in [0.05, 0.1) is 9.52 Å². The molecule has 2 rings (SSSR count). The Morgan fingerprint density at radius 1 is 0.875 bits per heavy atom. The Bertz CT molecular complexity index is 456. The van der Waals surface area contributed by atoms with E-state index in [9.17, 15) is 0 Å². The molecule has 0 amide bonds. The van der Waals surface area contributed by atoms with Crippen LogP contribution in [0.4, 0.5) is 0 Å². The summed E-state index contributed by atoms with van der Waals surface area (Å²) in [6.07, 6.45) is 4.90. The van der Waals surface area contributed by atoms with E-state index in [0.29, 0.717) is 0 Å². The quantitative estimate of drug-likeness (QED) is 0.633. The van der Waals surface area contributed by atoms with Crippen molar-refractivity contribution in [1.82, 2.24) is 0 Å². The molecule has 0 bridgehead atoms. The maximum Gasteiger partial charge on any atom is 0.0788 e. The van der Waals surface area contributed by atoms with Crippen molar-refractivity contribution in [2.75, 3.05) is 0 Å². The Morgan fingerprint density at radius 3 is 2.00 bits per heavy atom. The summed E-state index contributed by atoms with van der Waals surface area (Å²) in [6.45, 7) is 11.4. The van der Waals surface area contributed by atoms with E-state index in [1.807, 2.05) is 0 Å². The maximum atomic E-state index is 2.40. The van der Waals surface area contributed by atoms with E-state index in [4.69, 9.17) is 0 Å². The molecule has 16 heavy (non-hydrogen) atoms. The van der Waals surface area contributed by atoms with E-state index >= 15 is 0 Å². The second-order valence-corrected chi connectivity index (χ2v) is 7.37. The zero-order valence-corrected chi connectivity index (χ0v) is 12.6. The molecular formula is C15H22Si. The van der Waals surface area contributed by atoms with Crippen LogP contribution in [0.1, 0.15) is 47.5 Å². The predicted molar refractivity (Wildman–Crippen MR) is 75.3 cm³/mol. The monoisotopic (exact) mass is 230 g/mol. The van der Waals surface area contributed by atoms with Crippen LogP contribution in [0.15, 0.2) is 44.3 Å². The van der Waals surface area contributed by atoms with Gasteiger partial charge in [-0.05, 0) is 53.0 Å². The lowest BCUT2D eigenvalue weighted by molar-refractivity contribution is 1.20. The minimum atomic E-state index is -0.161. The Hall–Kier alpha value is -0.823. The third-order valence-corrected chi connectivity index (χ3v) is 6.87. The molecule has 0 saturated heterocycles. The van der Waals surface area contributed by atoms with E-state index in [-0.39, 0.29) is 9.52 Å². The molecule has 1 heteroatoms. The summed E-state index contributed by atoms with van der Waals surface area (Å²) in [7, 11) is -0.161. The Labute approximate surface area is 102 Å². The van der Waals surface area contributed by atoms with Gasteiger partial charge in [0, 0.05) is 0 Å². The first-order valence-corrected chi connectivity index (χ1v) is 7.63. The summed E-state index contributed by atoms with van der Waals surface area (Å²) < 4.78 is 0. The number of hydrogen-bond donors (Lipinski definition) is 0. The molecular weight excluding hydrogens is 208 g/mol. The Morgan fingerprint density at radius 2 is 1.56 bits per heavy atom. The molecule has 2 aliphatic carbocycles. The van der Waals surface area contributed by atoms with Crippen LogP contribution in [0.5, 0.6) is 0 Å². The van der Waals surface area contributed by atoms with Gasteiger partial charge >= 0.3 is 0 Å². The summed E-state index contributed by atoms with van der Waals surface area (Å²) in [5, 5.41) is 3.56. The molecule has 0 aliphatic heterocycles. The van der Waals surface area contributed by atoms with Gasteiger partial charge in [-0.1, -0.05) is 38.8 Å². The van der Waals surface area contributed by atoms with Gasteiger partial charge in [0.2, 0.25) is 0 Å². The average molecular weight is 230 g/mol. The second-order valence-electron chi connectivity index (χ2n) is 5.31. The van der Waals surface area contributed by atoms with Gasteiger partial charge in [0.25, 0.3) is 0 Å². The highest BCUT2D eigenvalue weighted by Gasteiger charge is 2.19. The Balaban J connectivity index is 2.16. The van der Waals surface area contributed by atoms with E-state index < -0.39 is 0 Å². The fourth-order valence-electron chi connectivity index (χ4n) is 2.69. The zero-order chi connectivity index (χ0) is 11.9. The van der Waals surface area contributed by atoms with Gasteiger partial charge in [-0.15, -0.1) is 0 Å². The molecule has 0 radical (unpaired) electrons. The number of allylic oxidation sites excluding steroid dienone is 8. The standard InChI is InChI=1S/C15H22Si/c1-9-6-7-14(12(9)4)16-15-8-10(2)11(3)13(15)5/h6H,7-8,16H2,1-5H3. The fraction of sp³-hybridized carbons (Fsp3) is 0.467. The average Bonchev–Trinajstić information content (AvgIpc) is 2.68. The van der Waals surface area contributed by atoms with E-state index in [1.165, 1.54) is 18.4 Å². The molecule has 2 aliphatic rings. The first-order chi connectivity index (χ1) is 7.50. The molecule has 0 unspecified atom stereocenters. The van der Waals surface area contributed by atoms with Crippen LogP contribution in [-0.4, -0.2) is 9.52 Å². The number of rotatable bonds is 2. The van der Waals surface area contributed by atoms with E-state index in [1.54, 1.807) is 32.7 Å². The molecule has 0 nitrogen and oxygen atoms in total. The van der Waals surface area contributed by atoms with Crippen LogP contribution in [0.2, 0.25) is 0 Å². The summed E-state index contributed by atoms with van der Waals surface area (Å²) >= 11 is 0. The van der Waals surface area contributed by atoms with Crippen LogP contribution in [0.25, 0.3) is 0 Å². The highest BCUT2D eigenvalue weighted by Crippen LogP contribution is 2.34. The van der Waals surface area contributed by atoms with Gasteiger partial charge in [-0.2, -0.15) is 0 Å². The molecule has 0 aromatic rings. The van der Waals surface area contributed by atoms with Crippen LogP contribution in [0, 0.1) is 0 Å². The van der Waals surface area contributed by atoms with Crippen LogP contribution in [0.3, 0.4) is 0 Å². The molecule has 0 spiro atoms. The summed E-state index contributed by atoms with van der Waals surface area (Å²) in [6, 6.07) is 0. The lowest BCUT2D eigenvalue weighted by Gasteiger charge is -2.08. The largest absolute Gasteiger partial charge is 0.0788 e. The molecule has 0 atom stereocenters. The molecule has 0 heterocycles. The van der Waals surface area contributed by atoms with Crippen molar-refractivity contribution in [3.8, 4) is 0 Å². The van der Waals surface area contributed by atoms with Gasteiger partial charge in [-0.25, -0.2) is 0 Å². The van der Waals surface area contributed by atoms with Crippen molar-refractivity contribution in [2.45, 2.75) is 47.5 Å². The third-order valence-electron chi connectivity index (χ3n) is 4.41. The molecule has 0 aromatic heterocycles. The summed E-state index contributed by atoms with van der Waals surface area (Å²) in [5.41, 5.74) is 7.87. The normalized spacial score (nSPS) is 22.2. The van der Waals surface area contributed by atoms with Gasteiger partial charge < -0.3 is 0 Å². The van der Waals surface area contributed by atoms with Crippen molar-refractivity contribution in [1.29, 1.82) is 0 Å². The van der Waals surface area contributed by atoms with Crippen molar-refractivity contribution in [3.63, 3.8) is 0 Å². The van der Waals surface area contributed by atoms with Crippen molar-refractivity contribution >= 4 is 9.52 Å². The van der Waals surface area contributed by atoms with Crippen LogP contribution in [-0.2, 0) is 0 Å². The van der Waals surface area contributed by atoms with Crippen molar-refractivity contribution in [3.05, 3.63) is 44.3 Å². The molecule has 86 valence electrons. The van der Waals surface area contributed by atoms with Crippen LogP contribution >= 0.6 is 0 Å². The second kappa shape index (κ2) is 4.21. The first-order valence-electron chi connectivity index (χ1n) is 6.21. The third kappa shape index (κ3) is 1.89. The SMILES string of the molecule is CC1=CCC([SiH2]C2=C(C)C(C)=C(C)C2)=C1C. The topological polar surface area (TPSA) is 0 Å². The maximum absolute atomic E-state index is 2.40. The van der Waals surface area contributed by atoms with Crippen molar-refractivity contribution < 1.29 is 0 Å². The van der Waals surface area contributed by atoms with Crippen molar-refractivity contribution in [2.24, 2.45) is 0 Å². The predicted octanol–water partition coefficient (Wildman–Crippen LogP) is 3.79. The molecule has 0 saturated carbocycles. The smallest absolute Gasteiger partial charge is 0.0777 e. The van der Waals surface area contributed by atoms with Gasteiger partial charge in [-0.3, -0.25) is 0 Å². The zero-order valence-electron chi connectivity index (χ0n) is 11.2. The Kier molecular flexibility index (Phi) is 3.07. The summed E-state index contributed by atoms with van der Waals surface area (Å²) in [4.78, 5) is 0. The highest BCUT2D eigenvalue weighted by molar-refractivity contribution is 6.55. The van der Waals surface area contributed by atoms with E-state index in [2.05, 4.69) is 40.7 Å². The molecule has 0 aromatic carbocycles. The summed E-state index contributed by atoms with van der Waals surface area (Å²) in [5.74, 6) is 0. The van der Waals surface area contributed by atoms with Gasteiger partial charge in [0.15, 0.2) is 0 Å². The molecule has 0 fully saturated rings. The first kappa shape index (κ1) is 11.7. The fourth-order valence-corrected chi connectivity index (χ4v) is 5.07. The lowest BCUT2D eigenvalue weighted by atomic mass is 10.1. The molecule has 0 N–H and O–H groups in total. The van der Waals surface area contributed by atoms with E-state index in [0.717, 1.165) is 0 Å². The minimum Gasteiger partial charge on any atom is -0.0777 e.